The third kappa shape index (κ3) is 5.21. The normalized spacial score (nSPS) is 16.5. The lowest BCUT2D eigenvalue weighted by atomic mass is 10.2. The molecule has 0 bridgehead atoms. The molecule has 1 saturated heterocycles. The first kappa shape index (κ1) is 19.2. The second-order valence-electron chi connectivity index (χ2n) is 6.95. The first-order valence-corrected chi connectivity index (χ1v) is 9.67. The topological polar surface area (TPSA) is 48.7 Å². The molecule has 0 spiro atoms. The molecule has 7 heteroatoms. The molecule has 27 heavy (non-hydrogen) atoms. The van der Waals surface area contributed by atoms with Crippen LogP contribution in [0.3, 0.4) is 0 Å². The molecule has 1 unspecified atom stereocenters. The van der Waals surface area contributed by atoms with E-state index >= 15 is 0 Å². The smallest absolute Gasteiger partial charge is 0.194 e. The molecule has 2 aromatic rings. The van der Waals surface area contributed by atoms with Gasteiger partial charge in [-0.2, -0.15) is 5.10 Å². The van der Waals surface area contributed by atoms with Crippen LogP contribution in [0.2, 0.25) is 0 Å². The molecule has 146 valence electrons. The van der Waals surface area contributed by atoms with Crippen molar-refractivity contribution in [2.45, 2.75) is 20.4 Å². The van der Waals surface area contributed by atoms with Crippen LogP contribution < -0.4 is 10.2 Å². The van der Waals surface area contributed by atoms with Crippen molar-refractivity contribution in [2.75, 3.05) is 44.2 Å². The lowest BCUT2D eigenvalue weighted by Gasteiger charge is -2.37. The molecular weight excluding hydrogens is 343 g/mol. The Labute approximate surface area is 160 Å². The standard InChI is InChI=1S/C20H29FN6/c1-3-22-20(23-15-17(2)16-27-10-6-9-24-27)26-13-11-25(12-14-26)19-8-5-4-7-18(19)21/h4-10,17H,3,11-16H2,1-2H3,(H,22,23). The molecule has 0 aliphatic carbocycles. The van der Waals surface area contributed by atoms with E-state index in [1.54, 1.807) is 12.3 Å². The fourth-order valence-corrected chi connectivity index (χ4v) is 3.32. The molecule has 0 radical (unpaired) electrons. The largest absolute Gasteiger partial charge is 0.366 e. The highest BCUT2D eigenvalue weighted by atomic mass is 19.1. The van der Waals surface area contributed by atoms with Crippen LogP contribution in [0.15, 0.2) is 47.7 Å². The molecule has 1 fully saturated rings. The van der Waals surface area contributed by atoms with E-state index in [1.807, 2.05) is 29.1 Å². The molecular formula is C20H29FN6. The van der Waals surface area contributed by atoms with Gasteiger partial charge in [0.25, 0.3) is 0 Å². The Hall–Kier alpha value is -2.57. The highest BCUT2D eigenvalue weighted by Crippen LogP contribution is 2.20. The minimum Gasteiger partial charge on any atom is -0.366 e. The molecule has 1 aromatic carbocycles. The van der Waals surface area contributed by atoms with E-state index < -0.39 is 0 Å². The molecule has 3 rings (SSSR count). The van der Waals surface area contributed by atoms with Gasteiger partial charge in [0.2, 0.25) is 0 Å². The van der Waals surface area contributed by atoms with Crippen LogP contribution in [0.1, 0.15) is 13.8 Å². The minimum atomic E-state index is -0.154. The predicted molar refractivity (Wildman–Crippen MR) is 108 cm³/mol. The van der Waals surface area contributed by atoms with E-state index in [0.717, 1.165) is 51.8 Å². The van der Waals surface area contributed by atoms with Crippen LogP contribution in [-0.4, -0.2) is 59.9 Å². The summed E-state index contributed by atoms with van der Waals surface area (Å²) >= 11 is 0. The summed E-state index contributed by atoms with van der Waals surface area (Å²) < 4.78 is 16.0. The molecule has 1 atom stereocenters. The van der Waals surface area contributed by atoms with Crippen LogP contribution in [0.25, 0.3) is 0 Å². The summed E-state index contributed by atoms with van der Waals surface area (Å²) in [7, 11) is 0. The Bertz CT molecular complexity index is 722. The minimum absolute atomic E-state index is 0.154. The summed E-state index contributed by atoms with van der Waals surface area (Å²) in [5.74, 6) is 1.19. The summed E-state index contributed by atoms with van der Waals surface area (Å²) in [6.45, 7) is 9.93. The number of nitrogens with zero attached hydrogens (tertiary/aromatic N) is 5. The number of para-hydroxylation sites is 1. The van der Waals surface area contributed by atoms with Crippen molar-refractivity contribution in [3.05, 3.63) is 48.5 Å². The molecule has 1 aliphatic heterocycles. The average Bonchev–Trinajstić information content (AvgIpc) is 3.19. The van der Waals surface area contributed by atoms with Crippen LogP contribution >= 0.6 is 0 Å². The number of anilines is 1. The number of hydrogen-bond donors (Lipinski definition) is 1. The summed E-state index contributed by atoms with van der Waals surface area (Å²) in [5, 5.41) is 7.65. The number of rotatable bonds is 6. The van der Waals surface area contributed by atoms with Crippen molar-refractivity contribution < 1.29 is 4.39 Å². The SMILES string of the molecule is CCNC(=NCC(C)Cn1cccn1)N1CCN(c2ccccc2F)CC1. The van der Waals surface area contributed by atoms with Crippen LogP contribution in [-0.2, 0) is 6.54 Å². The molecule has 1 aliphatic rings. The molecule has 2 heterocycles. The van der Waals surface area contributed by atoms with Gasteiger partial charge in [0.05, 0.1) is 5.69 Å². The number of benzene rings is 1. The average molecular weight is 372 g/mol. The van der Waals surface area contributed by atoms with Gasteiger partial charge in [0, 0.05) is 58.2 Å². The van der Waals surface area contributed by atoms with Crippen molar-refractivity contribution in [3.63, 3.8) is 0 Å². The van der Waals surface area contributed by atoms with E-state index in [9.17, 15) is 4.39 Å². The van der Waals surface area contributed by atoms with E-state index in [0.29, 0.717) is 11.6 Å². The van der Waals surface area contributed by atoms with Crippen LogP contribution in [0.4, 0.5) is 10.1 Å². The number of hydrogen-bond acceptors (Lipinski definition) is 3. The zero-order valence-corrected chi connectivity index (χ0v) is 16.2. The summed E-state index contributed by atoms with van der Waals surface area (Å²) in [6, 6.07) is 8.93. The number of piperazine rings is 1. The van der Waals surface area contributed by atoms with Crippen molar-refractivity contribution in [3.8, 4) is 0 Å². The second kappa shape index (κ2) is 9.39. The van der Waals surface area contributed by atoms with Crippen LogP contribution in [0.5, 0.6) is 0 Å². The number of aliphatic imine (C=N–C) groups is 1. The third-order valence-corrected chi connectivity index (χ3v) is 4.72. The zero-order valence-electron chi connectivity index (χ0n) is 16.2. The van der Waals surface area contributed by atoms with Gasteiger partial charge >= 0.3 is 0 Å². The van der Waals surface area contributed by atoms with E-state index in [1.165, 1.54) is 6.07 Å². The third-order valence-electron chi connectivity index (χ3n) is 4.72. The van der Waals surface area contributed by atoms with Gasteiger partial charge in [-0.15, -0.1) is 0 Å². The van der Waals surface area contributed by atoms with Gasteiger partial charge in [-0.3, -0.25) is 9.67 Å². The first-order chi connectivity index (χ1) is 13.2. The monoisotopic (exact) mass is 372 g/mol. The Morgan fingerprint density at radius 2 is 2.00 bits per heavy atom. The summed E-state index contributed by atoms with van der Waals surface area (Å²) in [4.78, 5) is 9.20. The quantitative estimate of drug-likeness (QED) is 0.625. The Morgan fingerprint density at radius 1 is 1.22 bits per heavy atom. The van der Waals surface area contributed by atoms with Crippen molar-refractivity contribution >= 4 is 11.6 Å². The fraction of sp³-hybridized carbons (Fsp3) is 0.500. The zero-order chi connectivity index (χ0) is 19.1. The number of nitrogens with one attached hydrogen (secondary N) is 1. The van der Waals surface area contributed by atoms with Gasteiger partial charge < -0.3 is 15.1 Å². The van der Waals surface area contributed by atoms with Gasteiger partial charge in [-0.25, -0.2) is 4.39 Å². The first-order valence-electron chi connectivity index (χ1n) is 9.67. The van der Waals surface area contributed by atoms with Gasteiger partial charge in [0.1, 0.15) is 5.82 Å². The summed E-state index contributed by atoms with van der Waals surface area (Å²) in [6.07, 6.45) is 3.78. The van der Waals surface area contributed by atoms with Gasteiger partial charge in [-0.1, -0.05) is 19.1 Å². The Balaban J connectivity index is 1.56. The predicted octanol–water partition coefficient (Wildman–Crippen LogP) is 2.45. The molecule has 0 saturated carbocycles. The van der Waals surface area contributed by atoms with Crippen molar-refractivity contribution in [1.29, 1.82) is 0 Å². The number of aromatic nitrogens is 2. The number of halogens is 1. The number of guanidine groups is 1. The van der Waals surface area contributed by atoms with Gasteiger partial charge in [0.15, 0.2) is 5.96 Å². The van der Waals surface area contributed by atoms with E-state index in [4.69, 9.17) is 4.99 Å². The maximum atomic E-state index is 14.0. The van der Waals surface area contributed by atoms with E-state index in [-0.39, 0.29) is 5.82 Å². The molecule has 6 nitrogen and oxygen atoms in total. The highest BCUT2D eigenvalue weighted by molar-refractivity contribution is 5.80. The molecule has 1 N–H and O–H groups in total. The Morgan fingerprint density at radius 3 is 2.67 bits per heavy atom. The maximum absolute atomic E-state index is 14.0. The van der Waals surface area contributed by atoms with E-state index in [2.05, 4.69) is 34.1 Å². The lowest BCUT2D eigenvalue weighted by Crippen LogP contribution is -2.52. The van der Waals surface area contributed by atoms with Crippen molar-refractivity contribution in [1.82, 2.24) is 20.0 Å². The molecule has 1 aromatic heterocycles. The van der Waals surface area contributed by atoms with Crippen molar-refractivity contribution in [2.24, 2.45) is 10.9 Å². The maximum Gasteiger partial charge on any atom is 0.194 e. The summed E-state index contributed by atoms with van der Waals surface area (Å²) in [5.41, 5.74) is 0.687. The highest BCUT2D eigenvalue weighted by Gasteiger charge is 2.21. The van der Waals surface area contributed by atoms with Gasteiger partial charge in [-0.05, 0) is 31.0 Å². The molecule has 0 amide bonds. The Kier molecular flexibility index (Phi) is 6.68. The van der Waals surface area contributed by atoms with Crippen LogP contribution in [0, 0.1) is 11.7 Å². The lowest BCUT2D eigenvalue weighted by molar-refractivity contribution is 0.368. The fourth-order valence-electron chi connectivity index (χ4n) is 3.32. The second-order valence-corrected chi connectivity index (χ2v) is 6.95.